The van der Waals surface area contributed by atoms with Crippen LogP contribution in [-0.2, 0) is 6.18 Å². The maximum Gasteiger partial charge on any atom is 0.417 e. The number of hydrogen-bond acceptors (Lipinski definition) is 3. The first-order valence-electron chi connectivity index (χ1n) is 5.82. The average molecular weight is 297 g/mol. The van der Waals surface area contributed by atoms with Gasteiger partial charge in [-0.05, 0) is 37.3 Å². The lowest BCUT2D eigenvalue weighted by Crippen LogP contribution is -2.12. The Balaban J connectivity index is 2.38. The van der Waals surface area contributed by atoms with Gasteiger partial charge in [0.1, 0.15) is 11.5 Å². The van der Waals surface area contributed by atoms with Crippen molar-refractivity contribution in [2.75, 3.05) is 0 Å². The minimum atomic E-state index is -4.78. The molecule has 0 saturated carbocycles. The maximum atomic E-state index is 12.8. The quantitative estimate of drug-likeness (QED) is 0.933. The van der Waals surface area contributed by atoms with E-state index in [4.69, 9.17) is 9.84 Å². The number of ether oxygens (including phenoxy) is 1. The summed E-state index contributed by atoms with van der Waals surface area (Å²) in [5.41, 5.74) is -1.34. The molecule has 0 spiro atoms. The highest BCUT2D eigenvalue weighted by Crippen LogP contribution is 2.35. The molecule has 0 aliphatic heterocycles. The van der Waals surface area contributed by atoms with Crippen molar-refractivity contribution in [3.63, 3.8) is 0 Å². The van der Waals surface area contributed by atoms with Crippen molar-refractivity contribution < 1.29 is 27.8 Å². The van der Waals surface area contributed by atoms with Crippen LogP contribution in [0.3, 0.4) is 0 Å². The van der Waals surface area contributed by atoms with Crippen LogP contribution in [0.5, 0.6) is 11.5 Å². The van der Waals surface area contributed by atoms with Crippen LogP contribution in [0.4, 0.5) is 13.2 Å². The molecule has 1 heterocycles. The normalized spacial score (nSPS) is 11.2. The Kier molecular flexibility index (Phi) is 3.84. The second-order valence-corrected chi connectivity index (χ2v) is 4.25. The van der Waals surface area contributed by atoms with Crippen LogP contribution in [0.2, 0.25) is 0 Å². The third-order valence-electron chi connectivity index (χ3n) is 2.65. The van der Waals surface area contributed by atoms with E-state index in [2.05, 4.69) is 4.98 Å². The minimum Gasteiger partial charge on any atom is -0.478 e. The van der Waals surface area contributed by atoms with Crippen LogP contribution < -0.4 is 4.74 Å². The Morgan fingerprint density at radius 3 is 2.38 bits per heavy atom. The van der Waals surface area contributed by atoms with Crippen molar-refractivity contribution >= 4 is 5.97 Å². The van der Waals surface area contributed by atoms with Gasteiger partial charge in [-0.25, -0.2) is 4.79 Å². The fourth-order valence-electron chi connectivity index (χ4n) is 1.66. The van der Waals surface area contributed by atoms with E-state index < -0.39 is 23.3 Å². The Labute approximate surface area is 117 Å². The van der Waals surface area contributed by atoms with Gasteiger partial charge in [-0.3, -0.25) is 4.98 Å². The number of hydrogen-bond donors (Lipinski definition) is 1. The summed E-state index contributed by atoms with van der Waals surface area (Å²) in [6.07, 6.45) is -3.41. The lowest BCUT2D eigenvalue weighted by molar-refractivity contribution is -0.138. The van der Waals surface area contributed by atoms with Crippen molar-refractivity contribution in [3.8, 4) is 11.5 Å². The van der Waals surface area contributed by atoms with Crippen molar-refractivity contribution in [2.45, 2.75) is 13.1 Å². The number of carboxylic acid groups (broad SMARTS) is 1. The molecule has 0 aliphatic carbocycles. The number of pyridine rings is 1. The Bertz CT molecular complexity index is 666. The molecular formula is C14H10F3NO3. The summed E-state index contributed by atoms with van der Waals surface area (Å²) in [5, 5.41) is 8.79. The van der Waals surface area contributed by atoms with Gasteiger partial charge in [0.15, 0.2) is 0 Å². The van der Waals surface area contributed by atoms with Crippen LogP contribution in [0.1, 0.15) is 21.6 Å². The number of aryl methyl sites for hydroxylation is 1. The number of carbonyl (C=O) groups is 1. The zero-order valence-corrected chi connectivity index (χ0v) is 10.8. The highest BCUT2D eigenvalue weighted by molar-refractivity contribution is 5.89. The van der Waals surface area contributed by atoms with Crippen LogP contribution >= 0.6 is 0 Å². The van der Waals surface area contributed by atoms with Crippen molar-refractivity contribution in [3.05, 3.63) is 53.3 Å². The zero-order valence-electron chi connectivity index (χ0n) is 10.8. The summed E-state index contributed by atoms with van der Waals surface area (Å²) in [6.45, 7) is 1.76. The van der Waals surface area contributed by atoms with Crippen LogP contribution in [0, 0.1) is 6.92 Å². The predicted molar refractivity (Wildman–Crippen MR) is 67.5 cm³/mol. The Hall–Kier alpha value is -2.57. The van der Waals surface area contributed by atoms with Crippen LogP contribution in [-0.4, -0.2) is 16.1 Å². The lowest BCUT2D eigenvalue weighted by atomic mass is 10.1. The van der Waals surface area contributed by atoms with E-state index >= 15 is 0 Å². The van der Waals surface area contributed by atoms with E-state index in [0.717, 1.165) is 11.8 Å². The van der Waals surface area contributed by atoms with Gasteiger partial charge in [0, 0.05) is 5.69 Å². The average Bonchev–Trinajstić information content (AvgIpc) is 2.40. The number of aromatic carboxylic acids is 1. The molecule has 1 aromatic carbocycles. The van der Waals surface area contributed by atoms with Gasteiger partial charge in [0.2, 0.25) is 0 Å². The van der Waals surface area contributed by atoms with Crippen LogP contribution in [0.15, 0.2) is 36.5 Å². The van der Waals surface area contributed by atoms with Gasteiger partial charge in [-0.1, -0.05) is 0 Å². The molecule has 2 aromatic rings. The summed E-state index contributed by atoms with van der Waals surface area (Å²) in [4.78, 5) is 14.8. The van der Waals surface area contributed by atoms with Crippen molar-refractivity contribution in [1.82, 2.24) is 4.98 Å². The molecule has 0 amide bonds. The molecule has 21 heavy (non-hydrogen) atoms. The standard InChI is InChI=1S/C14H10F3NO3/c1-8-2-3-10(7-18-8)21-9-4-5-11(13(19)20)12(6-9)14(15,16)17/h2-7H,1H3,(H,19,20). The summed E-state index contributed by atoms with van der Waals surface area (Å²) >= 11 is 0. The molecule has 0 unspecified atom stereocenters. The third kappa shape index (κ3) is 3.50. The van der Waals surface area contributed by atoms with E-state index in [0.29, 0.717) is 6.07 Å². The topological polar surface area (TPSA) is 59.4 Å². The second kappa shape index (κ2) is 5.43. The summed E-state index contributed by atoms with van der Waals surface area (Å²) in [6, 6.07) is 5.89. The highest BCUT2D eigenvalue weighted by Gasteiger charge is 2.35. The van der Waals surface area contributed by atoms with Gasteiger partial charge in [-0.2, -0.15) is 13.2 Å². The van der Waals surface area contributed by atoms with E-state index in [1.54, 1.807) is 19.1 Å². The van der Waals surface area contributed by atoms with Gasteiger partial charge < -0.3 is 9.84 Å². The van der Waals surface area contributed by atoms with Gasteiger partial charge in [-0.15, -0.1) is 0 Å². The number of nitrogens with zero attached hydrogens (tertiary/aromatic N) is 1. The molecule has 1 aromatic heterocycles. The Morgan fingerprint density at radius 1 is 1.19 bits per heavy atom. The Morgan fingerprint density at radius 2 is 1.86 bits per heavy atom. The first-order valence-corrected chi connectivity index (χ1v) is 5.82. The maximum absolute atomic E-state index is 12.8. The molecule has 0 atom stereocenters. The highest BCUT2D eigenvalue weighted by atomic mass is 19.4. The van der Waals surface area contributed by atoms with Gasteiger partial charge in [0.25, 0.3) is 0 Å². The molecule has 1 N–H and O–H groups in total. The molecule has 7 heteroatoms. The van der Waals surface area contributed by atoms with Gasteiger partial charge >= 0.3 is 12.1 Å². The summed E-state index contributed by atoms with van der Waals surface area (Å²) < 4.78 is 43.8. The fraction of sp³-hybridized carbons (Fsp3) is 0.143. The summed E-state index contributed by atoms with van der Waals surface area (Å²) in [7, 11) is 0. The van der Waals surface area contributed by atoms with Crippen molar-refractivity contribution in [1.29, 1.82) is 0 Å². The van der Waals surface area contributed by atoms with E-state index in [1.165, 1.54) is 12.3 Å². The molecule has 0 radical (unpaired) electrons. The van der Waals surface area contributed by atoms with E-state index in [-0.39, 0.29) is 11.5 Å². The molecule has 2 rings (SSSR count). The molecular weight excluding hydrogens is 287 g/mol. The first kappa shape index (κ1) is 14.8. The lowest BCUT2D eigenvalue weighted by Gasteiger charge is -2.12. The SMILES string of the molecule is Cc1ccc(Oc2ccc(C(=O)O)c(C(F)(F)F)c2)cn1. The van der Waals surface area contributed by atoms with Crippen molar-refractivity contribution in [2.24, 2.45) is 0 Å². The zero-order chi connectivity index (χ0) is 15.6. The smallest absolute Gasteiger partial charge is 0.417 e. The largest absolute Gasteiger partial charge is 0.478 e. The number of rotatable bonds is 3. The molecule has 0 bridgehead atoms. The molecule has 0 fully saturated rings. The van der Waals surface area contributed by atoms with Gasteiger partial charge in [0.05, 0.1) is 17.3 Å². The number of aromatic nitrogens is 1. The predicted octanol–water partition coefficient (Wildman–Crippen LogP) is 3.90. The van der Waals surface area contributed by atoms with E-state index in [1.807, 2.05) is 0 Å². The fourth-order valence-corrected chi connectivity index (χ4v) is 1.66. The number of carboxylic acids is 1. The summed E-state index contributed by atoms with van der Waals surface area (Å²) in [5.74, 6) is -1.50. The molecule has 0 saturated heterocycles. The first-order chi connectivity index (χ1) is 9.77. The molecule has 110 valence electrons. The number of alkyl halides is 3. The monoisotopic (exact) mass is 297 g/mol. The van der Waals surface area contributed by atoms with E-state index in [9.17, 15) is 18.0 Å². The number of benzene rings is 1. The second-order valence-electron chi connectivity index (χ2n) is 4.25. The molecule has 4 nitrogen and oxygen atoms in total. The molecule has 0 aliphatic rings. The van der Waals surface area contributed by atoms with Crippen LogP contribution in [0.25, 0.3) is 0 Å². The number of halogens is 3. The minimum absolute atomic E-state index is 0.113. The third-order valence-corrected chi connectivity index (χ3v) is 2.65.